The summed E-state index contributed by atoms with van der Waals surface area (Å²) < 4.78 is 0.532. The number of rotatable bonds is 3. The molecule has 0 spiro atoms. The van der Waals surface area contributed by atoms with Crippen LogP contribution in [0.15, 0.2) is 12.1 Å². The third-order valence-electron chi connectivity index (χ3n) is 1.83. The van der Waals surface area contributed by atoms with Crippen molar-refractivity contribution in [1.29, 1.82) is 5.26 Å². The lowest BCUT2D eigenvalue weighted by atomic mass is 10.0. The van der Waals surface area contributed by atoms with Gasteiger partial charge in [-0.25, -0.2) is 0 Å². The molecule has 1 aromatic carbocycles. The first-order chi connectivity index (χ1) is 7.15. The zero-order valence-electron chi connectivity index (χ0n) is 7.46. The van der Waals surface area contributed by atoms with Crippen LogP contribution in [-0.2, 0) is 0 Å². The van der Waals surface area contributed by atoms with Crippen LogP contribution in [-0.4, -0.2) is 17.4 Å². The van der Waals surface area contributed by atoms with Gasteiger partial charge in [-0.1, -0.05) is 15.9 Å². The lowest BCUT2D eigenvalue weighted by Crippen LogP contribution is -2.06. The Balaban J connectivity index is 3.43. The van der Waals surface area contributed by atoms with Crippen molar-refractivity contribution in [1.82, 2.24) is 0 Å². The predicted molar refractivity (Wildman–Crippen MR) is 67.4 cm³/mol. The maximum absolute atomic E-state index is 11.5. The topological polar surface area (TPSA) is 57.9 Å². The van der Waals surface area contributed by atoms with Crippen LogP contribution in [0, 0.1) is 14.9 Å². The molecule has 5 heteroatoms. The Morgan fingerprint density at radius 2 is 2.27 bits per heavy atom. The van der Waals surface area contributed by atoms with Gasteiger partial charge in [-0.15, -0.1) is 0 Å². The SMILES string of the molecule is N#Cc1c(C=O)ccc(C(=O)CBr)c1I. The molecule has 0 saturated carbocycles. The minimum Gasteiger partial charge on any atom is -0.298 e. The van der Waals surface area contributed by atoms with Crippen molar-refractivity contribution >= 4 is 50.6 Å². The molecule has 0 unspecified atom stereocenters. The van der Waals surface area contributed by atoms with E-state index in [1.165, 1.54) is 6.07 Å². The van der Waals surface area contributed by atoms with Gasteiger partial charge in [0.2, 0.25) is 0 Å². The molecule has 0 heterocycles. The van der Waals surface area contributed by atoms with Crippen LogP contribution in [0.2, 0.25) is 0 Å². The van der Waals surface area contributed by atoms with Crippen LogP contribution in [0.3, 0.4) is 0 Å². The molecule has 1 rings (SSSR count). The molecule has 0 saturated heterocycles. The fourth-order valence-electron chi connectivity index (χ4n) is 1.09. The lowest BCUT2D eigenvalue weighted by Gasteiger charge is -2.04. The third kappa shape index (κ3) is 2.44. The number of ketones is 1. The summed E-state index contributed by atoms with van der Waals surface area (Å²) in [4.78, 5) is 22.1. The Morgan fingerprint density at radius 3 is 2.73 bits per heavy atom. The summed E-state index contributed by atoms with van der Waals surface area (Å²) in [7, 11) is 0. The summed E-state index contributed by atoms with van der Waals surface area (Å²) in [5.74, 6) is -0.103. The molecule has 3 nitrogen and oxygen atoms in total. The van der Waals surface area contributed by atoms with Crippen molar-refractivity contribution in [2.24, 2.45) is 0 Å². The summed E-state index contributed by atoms with van der Waals surface area (Å²) in [6.07, 6.45) is 0.614. The Labute approximate surface area is 109 Å². The maximum atomic E-state index is 11.5. The molecule has 0 aliphatic heterocycles. The van der Waals surface area contributed by atoms with E-state index in [1.807, 2.05) is 28.7 Å². The smallest absolute Gasteiger partial charge is 0.174 e. The molecule has 0 radical (unpaired) electrons. The normalized spacial score (nSPS) is 9.40. The highest BCUT2D eigenvalue weighted by Gasteiger charge is 2.14. The van der Waals surface area contributed by atoms with Gasteiger partial charge in [-0.05, 0) is 34.7 Å². The van der Waals surface area contributed by atoms with Crippen molar-refractivity contribution in [3.63, 3.8) is 0 Å². The minimum absolute atomic E-state index is 0.103. The molecule has 15 heavy (non-hydrogen) atoms. The second-order valence-corrected chi connectivity index (χ2v) is 4.32. The average molecular weight is 378 g/mol. The van der Waals surface area contributed by atoms with Crippen molar-refractivity contribution in [3.8, 4) is 6.07 Å². The van der Waals surface area contributed by atoms with Gasteiger partial charge in [0.1, 0.15) is 6.07 Å². The van der Waals surface area contributed by atoms with Crippen molar-refractivity contribution in [2.45, 2.75) is 0 Å². The molecule has 1 aromatic rings. The number of hydrogen-bond donors (Lipinski definition) is 0. The molecular formula is C10H5BrINO2. The van der Waals surface area contributed by atoms with Gasteiger partial charge >= 0.3 is 0 Å². The van der Waals surface area contributed by atoms with E-state index in [4.69, 9.17) is 5.26 Å². The van der Waals surface area contributed by atoms with E-state index >= 15 is 0 Å². The van der Waals surface area contributed by atoms with Gasteiger partial charge in [0.05, 0.1) is 10.9 Å². The van der Waals surface area contributed by atoms with E-state index in [9.17, 15) is 9.59 Å². The van der Waals surface area contributed by atoms with Gasteiger partial charge in [-0.2, -0.15) is 5.26 Å². The largest absolute Gasteiger partial charge is 0.298 e. The van der Waals surface area contributed by atoms with Crippen LogP contribution in [0.4, 0.5) is 0 Å². The van der Waals surface area contributed by atoms with Crippen molar-refractivity contribution in [3.05, 3.63) is 32.4 Å². The van der Waals surface area contributed by atoms with E-state index in [1.54, 1.807) is 6.07 Å². The monoisotopic (exact) mass is 377 g/mol. The number of carbonyl (C=O) groups is 2. The Morgan fingerprint density at radius 1 is 1.60 bits per heavy atom. The second kappa shape index (κ2) is 5.37. The number of carbonyl (C=O) groups excluding carboxylic acids is 2. The summed E-state index contributed by atoms with van der Waals surface area (Å²) >= 11 is 4.97. The highest BCUT2D eigenvalue weighted by Crippen LogP contribution is 2.21. The maximum Gasteiger partial charge on any atom is 0.174 e. The van der Waals surface area contributed by atoms with Crippen LogP contribution in [0.25, 0.3) is 0 Å². The average Bonchev–Trinajstić information content (AvgIpc) is 2.27. The first-order valence-electron chi connectivity index (χ1n) is 3.92. The van der Waals surface area contributed by atoms with Gasteiger partial charge in [0.25, 0.3) is 0 Å². The molecular weight excluding hydrogens is 373 g/mol. The highest BCUT2D eigenvalue weighted by atomic mass is 127. The van der Waals surface area contributed by atoms with Crippen LogP contribution >= 0.6 is 38.5 Å². The zero-order valence-corrected chi connectivity index (χ0v) is 11.2. The van der Waals surface area contributed by atoms with Crippen LogP contribution < -0.4 is 0 Å². The van der Waals surface area contributed by atoms with Gasteiger partial charge in [0, 0.05) is 14.7 Å². The van der Waals surface area contributed by atoms with Crippen LogP contribution in [0.1, 0.15) is 26.3 Å². The third-order valence-corrected chi connectivity index (χ3v) is 3.46. The standard InChI is InChI=1S/C10H5BrINO2/c11-3-9(15)7-2-1-6(5-14)8(4-13)10(7)12/h1-2,5H,3H2. The summed E-state index contributed by atoms with van der Waals surface area (Å²) in [6.45, 7) is 0. The van der Waals surface area contributed by atoms with Gasteiger partial charge in [0.15, 0.2) is 12.1 Å². The van der Waals surface area contributed by atoms with Crippen molar-refractivity contribution < 1.29 is 9.59 Å². The number of alkyl halides is 1. The molecule has 0 bridgehead atoms. The van der Waals surface area contributed by atoms with Crippen LogP contribution in [0.5, 0.6) is 0 Å². The number of aldehydes is 1. The second-order valence-electron chi connectivity index (χ2n) is 2.68. The van der Waals surface area contributed by atoms with Gasteiger partial charge in [-0.3, -0.25) is 9.59 Å². The fraction of sp³-hybridized carbons (Fsp3) is 0.100. The quantitative estimate of drug-likeness (QED) is 0.352. The molecule has 0 fully saturated rings. The summed E-state index contributed by atoms with van der Waals surface area (Å²) in [6, 6.07) is 4.98. The minimum atomic E-state index is -0.103. The van der Waals surface area contributed by atoms with E-state index in [2.05, 4.69) is 15.9 Å². The summed E-state index contributed by atoms with van der Waals surface area (Å²) in [5.41, 5.74) is 1.04. The Kier molecular flexibility index (Phi) is 4.42. The molecule has 0 aliphatic rings. The molecule has 0 aliphatic carbocycles. The molecule has 0 aromatic heterocycles. The van der Waals surface area contributed by atoms with E-state index in [-0.39, 0.29) is 16.7 Å². The molecule has 0 atom stereocenters. The lowest BCUT2D eigenvalue weighted by molar-refractivity contribution is 0.102. The zero-order chi connectivity index (χ0) is 11.4. The molecule has 0 amide bonds. The number of halogens is 2. The van der Waals surface area contributed by atoms with Gasteiger partial charge < -0.3 is 0 Å². The highest BCUT2D eigenvalue weighted by molar-refractivity contribution is 14.1. The van der Waals surface area contributed by atoms with E-state index < -0.39 is 0 Å². The van der Waals surface area contributed by atoms with Crippen molar-refractivity contribution in [2.75, 3.05) is 5.33 Å². The fourth-order valence-corrected chi connectivity index (χ4v) is 2.30. The number of benzene rings is 1. The van der Waals surface area contributed by atoms with E-state index in [0.717, 1.165) is 0 Å². The first-order valence-corrected chi connectivity index (χ1v) is 6.12. The summed E-state index contributed by atoms with van der Waals surface area (Å²) in [5, 5.41) is 9.08. The number of nitrogens with zero attached hydrogens (tertiary/aromatic N) is 1. The predicted octanol–water partition coefficient (Wildman–Crippen LogP) is 2.55. The molecule has 0 N–H and O–H groups in total. The molecule has 76 valence electrons. The Bertz CT molecular complexity index is 465. The Hall–Kier alpha value is -0.740. The first kappa shape index (κ1) is 12.3. The number of nitriles is 1. The van der Waals surface area contributed by atoms with E-state index in [0.29, 0.717) is 21.0 Å². The number of Topliss-reactive ketones (excluding diaryl/α,β-unsaturated/α-hetero) is 1. The number of hydrogen-bond acceptors (Lipinski definition) is 3.